The van der Waals surface area contributed by atoms with Crippen LogP contribution in [0.4, 0.5) is 0 Å². The van der Waals surface area contributed by atoms with E-state index >= 15 is 0 Å². The summed E-state index contributed by atoms with van der Waals surface area (Å²) in [6.45, 7) is 8.89. The molecule has 0 aliphatic carbocycles. The van der Waals surface area contributed by atoms with Crippen LogP contribution in [0.2, 0.25) is 0 Å². The summed E-state index contributed by atoms with van der Waals surface area (Å²) >= 11 is 0. The molecule has 1 aromatic carbocycles. The Balaban J connectivity index is 2.83. The van der Waals surface area contributed by atoms with Crippen molar-refractivity contribution in [2.24, 2.45) is 0 Å². The van der Waals surface area contributed by atoms with Crippen molar-refractivity contribution in [3.63, 3.8) is 0 Å². The highest BCUT2D eigenvalue weighted by atomic mass is 16.5. The molecule has 1 heteroatoms. The lowest BCUT2D eigenvalue weighted by Crippen LogP contribution is -2.15. The lowest BCUT2D eigenvalue weighted by Gasteiger charge is -2.23. The van der Waals surface area contributed by atoms with Crippen LogP contribution in [0.1, 0.15) is 49.9 Å². The van der Waals surface area contributed by atoms with Crippen molar-refractivity contribution < 1.29 is 4.74 Å². The predicted octanol–water partition coefficient (Wildman–Crippen LogP) is 3.28. The minimum Gasteiger partial charge on any atom is -0.493 e. The monoisotopic (exact) mass is 286 g/mol. The number of benzene rings is 1. The highest BCUT2D eigenvalue weighted by Crippen LogP contribution is 2.37. The quantitative estimate of drug-likeness (QED) is 0.665. The van der Waals surface area contributed by atoms with E-state index in [1.165, 1.54) is 0 Å². The van der Waals surface area contributed by atoms with Gasteiger partial charge in [0, 0.05) is 23.1 Å². The second-order valence-corrected chi connectivity index (χ2v) is 6.02. The molecule has 0 saturated carbocycles. The van der Waals surface area contributed by atoms with Gasteiger partial charge in [-0.2, -0.15) is 0 Å². The molecule has 0 aromatic heterocycles. The summed E-state index contributed by atoms with van der Waals surface area (Å²) in [6.07, 6.45) is 6.15. The van der Waals surface area contributed by atoms with Gasteiger partial charge >= 0.3 is 0 Å². The molecule has 108 valence electrons. The topological polar surface area (TPSA) is 9.23 Å². The first-order valence-corrected chi connectivity index (χ1v) is 7.21. The Kier molecular flexibility index (Phi) is 4.52. The van der Waals surface area contributed by atoms with E-state index in [2.05, 4.69) is 68.3 Å². The van der Waals surface area contributed by atoms with Gasteiger partial charge in [-0.05, 0) is 47.7 Å². The van der Waals surface area contributed by atoms with E-state index < -0.39 is 0 Å². The summed E-state index contributed by atoms with van der Waals surface area (Å²) in [7, 11) is 0. The zero-order valence-electron chi connectivity index (χ0n) is 13.5. The Labute approximate surface area is 133 Å². The van der Waals surface area contributed by atoms with Gasteiger partial charge in [0.05, 0.1) is 6.61 Å². The van der Waals surface area contributed by atoms with Crippen molar-refractivity contribution >= 4 is 0 Å². The fourth-order valence-corrected chi connectivity index (χ4v) is 2.45. The fraction of sp³-hybridized carbons (Fsp3) is 0.333. The van der Waals surface area contributed by atoms with Crippen LogP contribution in [0.25, 0.3) is 0 Å². The van der Waals surface area contributed by atoms with Crippen molar-refractivity contribution in [3.05, 3.63) is 28.3 Å². The van der Waals surface area contributed by atoms with E-state index in [4.69, 9.17) is 11.2 Å². The van der Waals surface area contributed by atoms with Gasteiger partial charge in [-0.25, -0.2) is 0 Å². The molecule has 1 aromatic rings. The molecule has 0 unspecified atom stereocenters. The van der Waals surface area contributed by atoms with Gasteiger partial charge in [0.1, 0.15) is 5.75 Å². The molecule has 1 aliphatic heterocycles. The van der Waals surface area contributed by atoms with Gasteiger partial charge in [0.25, 0.3) is 0 Å². The highest BCUT2D eigenvalue weighted by molar-refractivity contribution is 5.65. The van der Waals surface area contributed by atoms with Gasteiger partial charge in [-0.15, -0.1) is 6.42 Å². The first-order valence-electron chi connectivity index (χ1n) is 7.21. The maximum absolute atomic E-state index is 5.75. The second-order valence-electron chi connectivity index (χ2n) is 6.02. The molecule has 22 heavy (non-hydrogen) atoms. The number of ether oxygens (including phenoxy) is 1. The second kappa shape index (κ2) is 6.35. The maximum atomic E-state index is 5.75. The van der Waals surface area contributed by atoms with Gasteiger partial charge in [0.15, 0.2) is 0 Å². The van der Waals surface area contributed by atoms with Crippen LogP contribution < -0.4 is 4.74 Å². The molecule has 0 bridgehead atoms. The van der Waals surface area contributed by atoms with Crippen LogP contribution in [0.5, 0.6) is 5.75 Å². The number of fused-ring (bicyclic) bond motifs is 1. The van der Waals surface area contributed by atoms with Crippen molar-refractivity contribution in [3.8, 4) is 53.6 Å². The Hall–Kier alpha value is -2.74. The maximum Gasteiger partial charge on any atom is 0.124 e. The fourth-order valence-electron chi connectivity index (χ4n) is 2.45. The minimum atomic E-state index is -0.0769. The van der Waals surface area contributed by atoms with Crippen LogP contribution >= 0.6 is 0 Å². The molecule has 0 saturated heterocycles. The first-order chi connectivity index (χ1) is 10.5. The number of hydrogen-bond donors (Lipinski definition) is 0. The molecule has 0 fully saturated rings. The normalized spacial score (nSPS) is 11.4. The zero-order valence-corrected chi connectivity index (χ0v) is 13.5. The smallest absolute Gasteiger partial charge is 0.124 e. The van der Waals surface area contributed by atoms with E-state index in [0.29, 0.717) is 6.61 Å². The molecule has 2 rings (SSSR count). The Morgan fingerprint density at radius 2 is 1.82 bits per heavy atom. The van der Waals surface area contributed by atoms with Gasteiger partial charge < -0.3 is 4.74 Å². The number of rotatable bonds is 0. The summed E-state index contributed by atoms with van der Waals surface area (Å²) in [5.41, 5.74) is 3.95. The molecule has 1 aliphatic rings. The third-order valence-corrected chi connectivity index (χ3v) is 3.45. The number of terminal acetylenes is 1. The summed E-state index contributed by atoms with van der Waals surface area (Å²) in [5, 5.41) is 0. The van der Waals surface area contributed by atoms with Crippen molar-refractivity contribution in [2.45, 2.75) is 39.5 Å². The molecular weight excluding hydrogens is 268 g/mol. The average molecular weight is 286 g/mol. The third kappa shape index (κ3) is 3.12. The van der Waals surface area contributed by atoms with Gasteiger partial charge in [0.2, 0.25) is 0 Å². The molecule has 0 N–H and O–H groups in total. The van der Waals surface area contributed by atoms with Crippen molar-refractivity contribution in [1.29, 1.82) is 0 Å². The van der Waals surface area contributed by atoms with E-state index in [9.17, 15) is 0 Å². The van der Waals surface area contributed by atoms with Gasteiger partial charge in [-0.1, -0.05) is 38.5 Å². The molecule has 0 radical (unpaired) electrons. The molecule has 0 amide bonds. The summed E-state index contributed by atoms with van der Waals surface area (Å²) in [5.74, 6) is 20.8. The SMILES string of the molecule is C#CC#Cc1c(C(C)(C)C)cc2c(c1C#CC#CC)CCO2. The Morgan fingerprint density at radius 1 is 1.09 bits per heavy atom. The van der Waals surface area contributed by atoms with E-state index in [1.54, 1.807) is 6.92 Å². The van der Waals surface area contributed by atoms with Crippen LogP contribution in [0, 0.1) is 47.9 Å². The average Bonchev–Trinajstić information content (AvgIpc) is 2.92. The molecular formula is C21H18O. The van der Waals surface area contributed by atoms with Crippen molar-refractivity contribution in [1.82, 2.24) is 0 Å². The lowest BCUT2D eigenvalue weighted by molar-refractivity contribution is 0.356. The predicted molar refractivity (Wildman–Crippen MR) is 90.4 cm³/mol. The first kappa shape index (κ1) is 15.6. The van der Waals surface area contributed by atoms with Crippen LogP contribution in [0.15, 0.2) is 6.07 Å². The largest absolute Gasteiger partial charge is 0.493 e. The molecule has 1 nitrogen and oxygen atoms in total. The third-order valence-electron chi connectivity index (χ3n) is 3.45. The zero-order chi connectivity index (χ0) is 16.2. The Bertz CT molecular complexity index is 823. The van der Waals surface area contributed by atoms with Crippen LogP contribution in [-0.2, 0) is 11.8 Å². The van der Waals surface area contributed by atoms with E-state index in [0.717, 1.165) is 34.4 Å². The highest BCUT2D eigenvalue weighted by Gasteiger charge is 2.26. The van der Waals surface area contributed by atoms with Gasteiger partial charge in [-0.3, -0.25) is 0 Å². The van der Waals surface area contributed by atoms with E-state index in [1.807, 2.05) is 0 Å². The summed E-state index contributed by atoms with van der Waals surface area (Å²) < 4.78 is 5.75. The molecule has 0 spiro atoms. The standard InChI is InChI=1S/C21H18O/c1-6-8-10-12-16-17(11-9-7-2)19(21(3,4)5)15-20-18(16)13-14-22-20/h2,15H,13-14H2,1,3-5H3. The van der Waals surface area contributed by atoms with Crippen LogP contribution in [-0.4, -0.2) is 6.61 Å². The van der Waals surface area contributed by atoms with Crippen molar-refractivity contribution in [2.75, 3.05) is 6.61 Å². The summed E-state index contributed by atoms with van der Waals surface area (Å²) in [4.78, 5) is 0. The number of hydrogen-bond acceptors (Lipinski definition) is 1. The molecule has 0 atom stereocenters. The minimum absolute atomic E-state index is 0.0769. The molecule has 1 heterocycles. The van der Waals surface area contributed by atoms with Crippen LogP contribution in [0.3, 0.4) is 0 Å². The Morgan fingerprint density at radius 3 is 2.45 bits per heavy atom. The summed E-state index contributed by atoms with van der Waals surface area (Å²) in [6, 6.07) is 2.08. The van der Waals surface area contributed by atoms with E-state index in [-0.39, 0.29) is 5.41 Å². The lowest BCUT2D eigenvalue weighted by atomic mass is 9.80.